The molecule has 136 valence electrons. The van der Waals surface area contributed by atoms with Crippen molar-refractivity contribution in [3.05, 3.63) is 48.2 Å². The molecular weight excluding hydrogens is 348 g/mol. The Kier molecular flexibility index (Phi) is 5.78. The number of carbonyl (C=O) groups is 2. The third kappa shape index (κ3) is 4.16. The molecule has 1 atom stereocenters. The average molecular weight is 370 g/mol. The van der Waals surface area contributed by atoms with Crippen molar-refractivity contribution in [1.29, 1.82) is 0 Å². The molecule has 1 aliphatic heterocycles. The Labute approximate surface area is 157 Å². The van der Waals surface area contributed by atoms with Crippen LogP contribution in [0.4, 0.5) is 16.2 Å². The minimum atomic E-state index is -0.198. The second kappa shape index (κ2) is 8.23. The van der Waals surface area contributed by atoms with Gasteiger partial charge in [-0.05, 0) is 49.7 Å². The fraction of sp³-hybridized carbons (Fsp3) is 0.316. The number of urea groups is 1. The summed E-state index contributed by atoms with van der Waals surface area (Å²) in [5, 5.41) is 6.68. The summed E-state index contributed by atoms with van der Waals surface area (Å²) < 4.78 is 0. The van der Waals surface area contributed by atoms with E-state index < -0.39 is 0 Å². The van der Waals surface area contributed by atoms with Crippen LogP contribution in [0.5, 0.6) is 0 Å². The van der Waals surface area contributed by atoms with Crippen LogP contribution in [0.15, 0.2) is 47.6 Å². The molecule has 0 spiro atoms. The molecule has 0 fully saturated rings. The zero-order valence-electron chi connectivity index (χ0n) is 14.9. The van der Waals surface area contributed by atoms with E-state index in [-0.39, 0.29) is 18.0 Å². The summed E-state index contributed by atoms with van der Waals surface area (Å²) in [6.07, 6.45) is 2.61. The van der Waals surface area contributed by atoms with Gasteiger partial charge in [0.15, 0.2) is 0 Å². The van der Waals surface area contributed by atoms with Crippen LogP contribution >= 0.6 is 11.8 Å². The maximum Gasteiger partial charge on any atom is 0.326 e. The Morgan fingerprint density at radius 3 is 2.77 bits per heavy atom. The maximum absolute atomic E-state index is 12.6. The first kappa shape index (κ1) is 18.3. The summed E-state index contributed by atoms with van der Waals surface area (Å²) in [6, 6.07) is 10.6. The summed E-state index contributed by atoms with van der Waals surface area (Å²) in [7, 11) is 0. The Hall–Kier alpha value is -2.54. The molecule has 1 aromatic carbocycles. The third-order valence-electron chi connectivity index (χ3n) is 4.23. The van der Waals surface area contributed by atoms with Crippen molar-refractivity contribution in [3.63, 3.8) is 0 Å². The molecule has 0 radical (unpaired) electrons. The standard InChI is InChI=1S/C19H22N4O2S/c1-3-13(2)21-17(24)14-6-8-15(9-7-14)22-19(25)23-11-12-26-18-16(23)5-4-10-20-18/h4-10,13H,3,11-12H2,1-2H3,(H,21,24)(H,22,25)/t13-/m1/s1. The van der Waals surface area contributed by atoms with Crippen LogP contribution in [-0.4, -0.2) is 35.3 Å². The molecule has 2 N–H and O–H groups in total. The topological polar surface area (TPSA) is 74.3 Å². The van der Waals surface area contributed by atoms with Crippen molar-refractivity contribution in [2.24, 2.45) is 0 Å². The highest BCUT2D eigenvalue weighted by Crippen LogP contribution is 2.32. The third-order valence-corrected chi connectivity index (χ3v) is 5.20. The lowest BCUT2D eigenvalue weighted by Crippen LogP contribution is -2.38. The first-order valence-corrected chi connectivity index (χ1v) is 9.64. The van der Waals surface area contributed by atoms with Gasteiger partial charge in [-0.1, -0.05) is 6.92 Å². The van der Waals surface area contributed by atoms with E-state index in [1.54, 1.807) is 47.1 Å². The molecule has 3 amide bonds. The van der Waals surface area contributed by atoms with Crippen LogP contribution in [0.25, 0.3) is 0 Å². The van der Waals surface area contributed by atoms with Crippen molar-refractivity contribution in [3.8, 4) is 0 Å². The molecule has 0 aliphatic carbocycles. The SMILES string of the molecule is CC[C@@H](C)NC(=O)c1ccc(NC(=O)N2CCSc3ncccc32)cc1. The van der Waals surface area contributed by atoms with Crippen molar-refractivity contribution in [1.82, 2.24) is 10.3 Å². The van der Waals surface area contributed by atoms with Crippen LogP contribution in [0, 0.1) is 0 Å². The van der Waals surface area contributed by atoms with Gasteiger partial charge in [0.1, 0.15) is 5.03 Å². The van der Waals surface area contributed by atoms with E-state index in [0.717, 1.165) is 22.9 Å². The summed E-state index contributed by atoms with van der Waals surface area (Å²) in [4.78, 5) is 30.8. The molecule has 3 rings (SSSR count). The van der Waals surface area contributed by atoms with E-state index in [2.05, 4.69) is 15.6 Å². The number of hydrogen-bond donors (Lipinski definition) is 2. The summed E-state index contributed by atoms with van der Waals surface area (Å²) >= 11 is 1.65. The van der Waals surface area contributed by atoms with Gasteiger partial charge in [-0.25, -0.2) is 9.78 Å². The molecule has 1 aromatic heterocycles. The van der Waals surface area contributed by atoms with Gasteiger partial charge in [0.05, 0.1) is 5.69 Å². The molecule has 0 unspecified atom stereocenters. The molecule has 6 nitrogen and oxygen atoms in total. The monoisotopic (exact) mass is 370 g/mol. The number of fused-ring (bicyclic) bond motifs is 1. The zero-order chi connectivity index (χ0) is 18.5. The van der Waals surface area contributed by atoms with E-state index in [0.29, 0.717) is 17.8 Å². The van der Waals surface area contributed by atoms with Gasteiger partial charge in [-0.3, -0.25) is 9.69 Å². The molecule has 0 saturated carbocycles. The maximum atomic E-state index is 12.6. The highest BCUT2D eigenvalue weighted by atomic mass is 32.2. The number of hydrogen-bond acceptors (Lipinski definition) is 4. The van der Waals surface area contributed by atoms with Crippen LogP contribution in [-0.2, 0) is 0 Å². The van der Waals surface area contributed by atoms with Crippen LogP contribution < -0.4 is 15.5 Å². The Morgan fingerprint density at radius 2 is 2.04 bits per heavy atom. The summed E-state index contributed by atoms with van der Waals surface area (Å²) in [5.74, 6) is 0.705. The smallest absolute Gasteiger partial charge is 0.326 e. The molecule has 2 heterocycles. The number of rotatable bonds is 4. The number of thioether (sulfide) groups is 1. The van der Waals surface area contributed by atoms with E-state index in [4.69, 9.17) is 0 Å². The normalized spacial score (nSPS) is 14.3. The van der Waals surface area contributed by atoms with Gasteiger partial charge in [0, 0.05) is 35.8 Å². The molecule has 7 heteroatoms. The van der Waals surface area contributed by atoms with Gasteiger partial charge in [0.2, 0.25) is 0 Å². The van der Waals surface area contributed by atoms with E-state index in [1.165, 1.54) is 0 Å². The first-order valence-electron chi connectivity index (χ1n) is 8.65. The number of nitrogens with zero attached hydrogens (tertiary/aromatic N) is 2. The van der Waals surface area contributed by atoms with Crippen molar-refractivity contribution >= 4 is 35.1 Å². The number of anilines is 2. The summed E-state index contributed by atoms with van der Waals surface area (Å²) in [5.41, 5.74) is 2.05. The number of pyridine rings is 1. The number of carbonyl (C=O) groups excluding carboxylic acids is 2. The van der Waals surface area contributed by atoms with Gasteiger partial charge in [-0.2, -0.15) is 0 Å². The number of aromatic nitrogens is 1. The predicted octanol–water partition coefficient (Wildman–Crippen LogP) is 3.75. The van der Waals surface area contributed by atoms with E-state index in [9.17, 15) is 9.59 Å². The molecule has 2 aromatic rings. The van der Waals surface area contributed by atoms with Crippen molar-refractivity contribution in [2.45, 2.75) is 31.3 Å². The van der Waals surface area contributed by atoms with Crippen molar-refractivity contribution in [2.75, 3.05) is 22.5 Å². The number of nitrogens with one attached hydrogen (secondary N) is 2. The fourth-order valence-corrected chi connectivity index (χ4v) is 3.50. The Balaban J connectivity index is 1.66. The number of amides is 3. The van der Waals surface area contributed by atoms with E-state index in [1.807, 2.05) is 26.0 Å². The van der Waals surface area contributed by atoms with E-state index >= 15 is 0 Å². The predicted molar refractivity (Wildman–Crippen MR) is 105 cm³/mol. The second-order valence-electron chi connectivity index (χ2n) is 6.12. The Bertz CT molecular complexity index is 794. The average Bonchev–Trinajstić information content (AvgIpc) is 2.67. The zero-order valence-corrected chi connectivity index (χ0v) is 15.7. The molecule has 0 saturated heterocycles. The highest BCUT2D eigenvalue weighted by molar-refractivity contribution is 7.99. The first-order chi connectivity index (χ1) is 12.6. The second-order valence-corrected chi connectivity index (χ2v) is 7.20. The fourth-order valence-electron chi connectivity index (χ4n) is 2.57. The van der Waals surface area contributed by atoms with Crippen molar-refractivity contribution < 1.29 is 9.59 Å². The van der Waals surface area contributed by atoms with Gasteiger partial charge in [0.25, 0.3) is 5.91 Å². The highest BCUT2D eigenvalue weighted by Gasteiger charge is 2.23. The van der Waals surface area contributed by atoms with Crippen LogP contribution in [0.2, 0.25) is 0 Å². The molecule has 1 aliphatic rings. The number of benzene rings is 1. The Morgan fingerprint density at radius 1 is 1.27 bits per heavy atom. The molecule has 26 heavy (non-hydrogen) atoms. The van der Waals surface area contributed by atoms with Gasteiger partial charge in [-0.15, -0.1) is 11.8 Å². The molecule has 0 bridgehead atoms. The van der Waals surface area contributed by atoms with Crippen LogP contribution in [0.3, 0.4) is 0 Å². The molecular formula is C19H22N4O2S. The van der Waals surface area contributed by atoms with Crippen LogP contribution in [0.1, 0.15) is 30.6 Å². The minimum absolute atomic E-state index is 0.106. The lowest BCUT2D eigenvalue weighted by molar-refractivity contribution is 0.0939. The lowest BCUT2D eigenvalue weighted by Gasteiger charge is -2.28. The largest absolute Gasteiger partial charge is 0.350 e. The quantitative estimate of drug-likeness (QED) is 0.859. The lowest BCUT2D eigenvalue weighted by atomic mass is 10.1. The van der Waals surface area contributed by atoms with Gasteiger partial charge < -0.3 is 10.6 Å². The summed E-state index contributed by atoms with van der Waals surface area (Å²) in [6.45, 7) is 4.62. The van der Waals surface area contributed by atoms with Gasteiger partial charge >= 0.3 is 6.03 Å². The minimum Gasteiger partial charge on any atom is -0.350 e.